The van der Waals surface area contributed by atoms with Crippen LogP contribution in [0.1, 0.15) is 23.2 Å². The smallest absolute Gasteiger partial charge is 0.325 e. The van der Waals surface area contributed by atoms with E-state index in [0.29, 0.717) is 30.2 Å². The van der Waals surface area contributed by atoms with Gasteiger partial charge in [-0.25, -0.2) is 0 Å². The molecular weight excluding hydrogens is 388 g/mol. The van der Waals surface area contributed by atoms with Crippen LogP contribution in [0, 0.1) is 0 Å². The van der Waals surface area contributed by atoms with Crippen molar-refractivity contribution in [2.45, 2.75) is 18.9 Å². The molecule has 1 saturated heterocycles. The van der Waals surface area contributed by atoms with Crippen molar-refractivity contribution >= 4 is 17.8 Å². The van der Waals surface area contributed by atoms with E-state index in [2.05, 4.69) is 10.6 Å². The fraction of sp³-hybridized carbons (Fsp3) is 0.318. The van der Waals surface area contributed by atoms with Gasteiger partial charge >= 0.3 is 5.97 Å². The van der Waals surface area contributed by atoms with Crippen LogP contribution in [0.3, 0.4) is 0 Å². The molecule has 1 heterocycles. The fourth-order valence-corrected chi connectivity index (χ4v) is 2.83. The van der Waals surface area contributed by atoms with Crippen LogP contribution < -0.4 is 15.4 Å². The molecule has 1 atom stereocenters. The van der Waals surface area contributed by atoms with Gasteiger partial charge in [0.05, 0.1) is 6.10 Å². The van der Waals surface area contributed by atoms with Crippen molar-refractivity contribution in [2.75, 3.05) is 26.3 Å². The maximum Gasteiger partial charge on any atom is 0.325 e. The Morgan fingerprint density at radius 3 is 2.40 bits per heavy atom. The first-order valence-corrected chi connectivity index (χ1v) is 9.75. The summed E-state index contributed by atoms with van der Waals surface area (Å²) in [6.45, 7) is 0.377. The maximum absolute atomic E-state index is 12.2. The highest BCUT2D eigenvalue weighted by atomic mass is 16.5. The molecule has 2 aromatic rings. The summed E-state index contributed by atoms with van der Waals surface area (Å²) >= 11 is 0. The molecule has 0 spiro atoms. The van der Waals surface area contributed by atoms with E-state index < -0.39 is 24.4 Å². The van der Waals surface area contributed by atoms with Crippen molar-refractivity contribution in [2.24, 2.45) is 0 Å². The Morgan fingerprint density at radius 2 is 1.70 bits per heavy atom. The average Bonchev–Trinajstić information content (AvgIpc) is 3.29. The van der Waals surface area contributed by atoms with E-state index in [0.717, 1.165) is 12.8 Å². The van der Waals surface area contributed by atoms with Crippen molar-refractivity contribution in [1.29, 1.82) is 0 Å². The number of hydrogen-bond acceptors (Lipinski definition) is 6. The number of amides is 2. The number of benzene rings is 2. The lowest BCUT2D eigenvalue weighted by atomic mass is 10.2. The van der Waals surface area contributed by atoms with Gasteiger partial charge in [0.15, 0.2) is 6.61 Å². The van der Waals surface area contributed by atoms with Crippen molar-refractivity contribution in [3.63, 3.8) is 0 Å². The van der Waals surface area contributed by atoms with Gasteiger partial charge in [-0.3, -0.25) is 14.4 Å². The highest BCUT2D eigenvalue weighted by Crippen LogP contribution is 2.21. The first-order chi connectivity index (χ1) is 14.6. The van der Waals surface area contributed by atoms with E-state index in [1.807, 2.05) is 30.3 Å². The molecule has 8 nitrogen and oxygen atoms in total. The fourth-order valence-electron chi connectivity index (χ4n) is 2.83. The summed E-state index contributed by atoms with van der Waals surface area (Å²) in [5, 5.41) is 5.12. The minimum atomic E-state index is -0.695. The molecule has 158 valence electrons. The molecule has 0 saturated carbocycles. The number of carbonyl (C=O) groups excluding carboxylic acids is 3. The van der Waals surface area contributed by atoms with Crippen LogP contribution in [-0.4, -0.2) is 50.2 Å². The summed E-state index contributed by atoms with van der Waals surface area (Å²) < 4.78 is 15.9. The van der Waals surface area contributed by atoms with Crippen molar-refractivity contribution in [3.05, 3.63) is 60.2 Å². The van der Waals surface area contributed by atoms with Crippen LogP contribution >= 0.6 is 0 Å². The van der Waals surface area contributed by atoms with E-state index >= 15 is 0 Å². The molecule has 30 heavy (non-hydrogen) atoms. The Kier molecular flexibility index (Phi) is 7.79. The van der Waals surface area contributed by atoms with Crippen LogP contribution in [0.2, 0.25) is 0 Å². The minimum absolute atomic E-state index is 0.0217. The second-order valence-electron chi connectivity index (χ2n) is 6.72. The van der Waals surface area contributed by atoms with Crippen LogP contribution in [0.5, 0.6) is 11.5 Å². The maximum atomic E-state index is 12.2. The van der Waals surface area contributed by atoms with Gasteiger partial charge in [-0.05, 0) is 49.2 Å². The highest BCUT2D eigenvalue weighted by Gasteiger charge is 2.17. The number of carbonyl (C=O) groups is 3. The number of hydrogen-bond donors (Lipinski definition) is 2. The predicted molar refractivity (Wildman–Crippen MR) is 108 cm³/mol. The quantitative estimate of drug-likeness (QED) is 0.611. The van der Waals surface area contributed by atoms with Crippen LogP contribution in [0.25, 0.3) is 0 Å². The molecule has 3 rings (SSSR count). The standard InChI is InChI=1S/C22H24N2O6/c25-20(23-13-19-7-4-12-28-19)15-29-21(26)14-24-22(27)16-8-10-18(11-9-16)30-17-5-2-1-3-6-17/h1-3,5-6,8-11,19H,4,7,12-15H2,(H,23,25)(H,24,27)/t19-/m1/s1. The normalized spacial score (nSPS) is 15.3. The first kappa shape index (κ1) is 21.3. The second-order valence-corrected chi connectivity index (χ2v) is 6.72. The summed E-state index contributed by atoms with van der Waals surface area (Å²) in [5.41, 5.74) is 0.373. The molecule has 1 fully saturated rings. The zero-order valence-corrected chi connectivity index (χ0v) is 16.5. The summed E-state index contributed by atoms with van der Waals surface area (Å²) in [7, 11) is 0. The largest absolute Gasteiger partial charge is 0.457 e. The molecular formula is C22H24N2O6. The molecule has 1 aliphatic rings. The topological polar surface area (TPSA) is 103 Å². The first-order valence-electron chi connectivity index (χ1n) is 9.75. The van der Waals surface area contributed by atoms with Gasteiger partial charge in [-0.2, -0.15) is 0 Å². The zero-order chi connectivity index (χ0) is 21.2. The summed E-state index contributed by atoms with van der Waals surface area (Å²) in [5.74, 6) is -0.247. The molecule has 0 aromatic heterocycles. The molecule has 1 aliphatic heterocycles. The molecule has 0 unspecified atom stereocenters. The number of esters is 1. The van der Waals surface area contributed by atoms with Gasteiger partial charge in [-0.15, -0.1) is 0 Å². The van der Waals surface area contributed by atoms with Crippen molar-refractivity contribution in [3.8, 4) is 11.5 Å². The molecule has 2 amide bonds. The van der Waals surface area contributed by atoms with Crippen LogP contribution in [0.4, 0.5) is 0 Å². The Hall–Kier alpha value is -3.39. The number of para-hydroxylation sites is 1. The molecule has 2 aromatic carbocycles. The van der Waals surface area contributed by atoms with Crippen LogP contribution in [-0.2, 0) is 19.1 Å². The number of ether oxygens (including phenoxy) is 3. The Balaban J connectivity index is 1.35. The van der Waals surface area contributed by atoms with Gasteiger partial charge in [0.1, 0.15) is 18.0 Å². The lowest BCUT2D eigenvalue weighted by Crippen LogP contribution is -2.36. The molecule has 0 aliphatic carbocycles. The summed E-state index contributed by atoms with van der Waals surface area (Å²) in [6.07, 6.45) is 1.91. The lowest BCUT2D eigenvalue weighted by Gasteiger charge is -2.11. The molecule has 2 N–H and O–H groups in total. The van der Waals surface area contributed by atoms with Gasteiger partial charge in [-0.1, -0.05) is 18.2 Å². The lowest BCUT2D eigenvalue weighted by molar-refractivity contribution is -0.147. The molecule has 0 radical (unpaired) electrons. The highest BCUT2D eigenvalue weighted by molar-refractivity contribution is 5.96. The number of rotatable bonds is 9. The van der Waals surface area contributed by atoms with Gasteiger partial charge in [0.2, 0.25) is 0 Å². The Morgan fingerprint density at radius 1 is 0.967 bits per heavy atom. The molecule has 8 heteroatoms. The number of nitrogens with one attached hydrogen (secondary N) is 2. The van der Waals surface area contributed by atoms with E-state index in [1.165, 1.54) is 0 Å². The van der Waals surface area contributed by atoms with Gasteiger partial charge in [0.25, 0.3) is 11.8 Å². The Bertz CT molecular complexity index is 848. The summed E-state index contributed by atoms with van der Waals surface area (Å²) in [4.78, 5) is 35.6. The van der Waals surface area contributed by atoms with E-state index in [1.54, 1.807) is 24.3 Å². The van der Waals surface area contributed by atoms with Gasteiger partial charge < -0.3 is 24.8 Å². The third kappa shape index (κ3) is 6.89. The van der Waals surface area contributed by atoms with Crippen molar-refractivity contribution < 1.29 is 28.6 Å². The summed E-state index contributed by atoms with van der Waals surface area (Å²) in [6, 6.07) is 15.8. The minimum Gasteiger partial charge on any atom is -0.457 e. The van der Waals surface area contributed by atoms with Crippen molar-refractivity contribution in [1.82, 2.24) is 10.6 Å². The van der Waals surface area contributed by atoms with E-state index in [9.17, 15) is 14.4 Å². The third-order valence-electron chi connectivity index (χ3n) is 4.40. The monoisotopic (exact) mass is 412 g/mol. The predicted octanol–water partition coefficient (Wildman–Crippen LogP) is 2.05. The Labute approximate surface area is 174 Å². The third-order valence-corrected chi connectivity index (χ3v) is 4.40. The SMILES string of the molecule is O=C(COC(=O)CNC(=O)c1ccc(Oc2ccccc2)cc1)NC[C@H]1CCCO1. The van der Waals surface area contributed by atoms with Crippen LogP contribution in [0.15, 0.2) is 54.6 Å². The van der Waals surface area contributed by atoms with E-state index in [-0.39, 0.29) is 12.6 Å². The van der Waals surface area contributed by atoms with Gasteiger partial charge in [0, 0.05) is 18.7 Å². The molecule has 0 bridgehead atoms. The zero-order valence-electron chi connectivity index (χ0n) is 16.5. The average molecular weight is 412 g/mol. The second kappa shape index (κ2) is 11.0. The van der Waals surface area contributed by atoms with E-state index in [4.69, 9.17) is 14.2 Å².